The lowest BCUT2D eigenvalue weighted by atomic mass is 10.0. The summed E-state index contributed by atoms with van der Waals surface area (Å²) in [5.41, 5.74) is 0.745. The van der Waals surface area contributed by atoms with E-state index in [9.17, 15) is 9.59 Å². The number of rotatable bonds is 5. The molecule has 19 heavy (non-hydrogen) atoms. The largest absolute Gasteiger partial charge is 0.475 e. The van der Waals surface area contributed by atoms with Gasteiger partial charge in [-0.2, -0.15) is 0 Å². The van der Waals surface area contributed by atoms with Crippen LogP contribution in [-0.4, -0.2) is 29.8 Å². The second kappa shape index (κ2) is 6.45. The SMILES string of the molecule is O=C(O)C(=O)c1ccccc1COC1CCCCO1. The summed E-state index contributed by atoms with van der Waals surface area (Å²) in [5, 5.41) is 8.76. The summed E-state index contributed by atoms with van der Waals surface area (Å²) in [6.07, 6.45) is 2.66. The van der Waals surface area contributed by atoms with Crippen molar-refractivity contribution in [2.24, 2.45) is 0 Å². The van der Waals surface area contributed by atoms with Gasteiger partial charge in [-0.3, -0.25) is 4.79 Å². The topological polar surface area (TPSA) is 72.8 Å². The molecule has 1 aliphatic rings. The molecule has 1 fully saturated rings. The molecule has 0 aliphatic carbocycles. The quantitative estimate of drug-likeness (QED) is 0.650. The zero-order valence-corrected chi connectivity index (χ0v) is 10.5. The Balaban J connectivity index is 2.03. The summed E-state index contributed by atoms with van der Waals surface area (Å²) in [4.78, 5) is 22.3. The molecule has 0 aromatic heterocycles. The van der Waals surface area contributed by atoms with Gasteiger partial charge in [-0.25, -0.2) is 4.79 Å². The number of carbonyl (C=O) groups excluding carboxylic acids is 1. The zero-order valence-electron chi connectivity index (χ0n) is 10.5. The molecule has 0 spiro atoms. The number of carbonyl (C=O) groups is 2. The van der Waals surface area contributed by atoms with Gasteiger partial charge in [-0.05, 0) is 24.8 Å². The Hall–Kier alpha value is -1.72. The number of hydrogen-bond acceptors (Lipinski definition) is 4. The van der Waals surface area contributed by atoms with Crippen LogP contribution in [0.15, 0.2) is 24.3 Å². The first-order valence-corrected chi connectivity index (χ1v) is 6.27. The molecule has 1 saturated heterocycles. The fraction of sp³-hybridized carbons (Fsp3) is 0.429. The van der Waals surface area contributed by atoms with E-state index in [1.54, 1.807) is 18.2 Å². The van der Waals surface area contributed by atoms with Crippen molar-refractivity contribution in [1.82, 2.24) is 0 Å². The van der Waals surface area contributed by atoms with Crippen molar-refractivity contribution in [1.29, 1.82) is 0 Å². The summed E-state index contributed by atoms with van der Waals surface area (Å²) in [6, 6.07) is 6.58. The molecular weight excluding hydrogens is 248 g/mol. The maximum absolute atomic E-state index is 11.5. The summed E-state index contributed by atoms with van der Waals surface area (Å²) >= 11 is 0. The van der Waals surface area contributed by atoms with E-state index >= 15 is 0 Å². The number of hydrogen-bond donors (Lipinski definition) is 1. The summed E-state index contributed by atoms with van der Waals surface area (Å²) in [7, 11) is 0. The smallest absolute Gasteiger partial charge is 0.377 e. The third-order valence-electron chi connectivity index (χ3n) is 3.02. The van der Waals surface area contributed by atoms with Gasteiger partial charge in [0.05, 0.1) is 6.61 Å². The first-order chi connectivity index (χ1) is 9.18. The lowest BCUT2D eigenvalue weighted by Crippen LogP contribution is -2.23. The highest BCUT2D eigenvalue weighted by Crippen LogP contribution is 2.17. The number of Topliss-reactive ketones (excluding diaryl/α,β-unsaturated/α-hetero) is 1. The van der Waals surface area contributed by atoms with Crippen LogP contribution in [0.1, 0.15) is 35.2 Å². The lowest BCUT2D eigenvalue weighted by Gasteiger charge is -2.23. The number of ether oxygens (including phenoxy) is 2. The van der Waals surface area contributed by atoms with Crippen molar-refractivity contribution < 1.29 is 24.2 Å². The standard InChI is InChI=1S/C14H16O5/c15-13(14(16)17)11-6-2-1-5-10(11)9-19-12-7-3-4-8-18-12/h1-2,5-6,12H,3-4,7-9H2,(H,16,17). The van der Waals surface area contributed by atoms with Crippen LogP contribution in [0.25, 0.3) is 0 Å². The highest BCUT2D eigenvalue weighted by molar-refractivity contribution is 6.40. The van der Waals surface area contributed by atoms with Crippen LogP contribution in [0.3, 0.4) is 0 Å². The number of aliphatic carboxylic acids is 1. The van der Waals surface area contributed by atoms with Gasteiger partial charge in [0, 0.05) is 12.2 Å². The molecule has 1 aliphatic heterocycles. The van der Waals surface area contributed by atoms with E-state index in [1.165, 1.54) is 6.07 Å². The maximum atomic E-state index is 11.5. The molecule has 1 atom stereocenters. The van der Waals surface area contributed by atoms with Crippen molar-refractivity contribution in [2.45, 2.75) is 32.2 Å². The van der Waals surface area contributed by atoms with Gasteiger partial charge in [-0.1, -0.05) is 24.3 Å². The predicted octanol–water partition coefficient (Wildman–Crippen LogP) is 2.00. The monoisotopic (exact) mass is 264 g/mol. The zero-order chi connectivity index (χ0) is 13.7. The minimum absolute atomic E-state index is 0.172. The van der Waals surface area contributed by atoms with E-state index in [4.69, 9.17) is 14.6 Å². The average molecular weight is 264 g/mol. The van der Waals surface area contributed by atoms with E-state index in [2.05, 4.69) is 0 Å². The molecule has 2 rings (SSSR count). The highest BCUT2D eigenvalue weighted by atomic mass is 16.7. The van der Waals surface area contributed by atoms with Crippen molar-refractivity contribution in [2.75, 3.05) is 6.61 Å². The molecule has 1 N–H and O–H groups in total. The van der Waals surface area contributed by atoms with E-state index < -0.39 is 11.8 Å². The lowest BCUT2D eigenvalue weighted by molar-refractivity contribution is -0.168. The Kier molecular flexibility index (Phi) is 4.65. The molecule has 0 saturated carbocycles. The van der Waals surface area contributed by atoms with Crippen molar-refractivity contribution in [3.05, 3.63) is 35.4 Å². The van der Waals surface area contributed by atoms with Gasteiger partial charge in [0.25, 0.3) is 5.78 Å². The van der Waals surface area contributed by atoms with Crippen LogP contribution >= 0.6 is 0 Å². The van der Waals surface area contributed by atoms with Gasteiger partial charge < -0.3 is 14.6 Å². The molecule has 0 radical (unpaired) electrons. The molecule has 0 amide bonds. The Bertz CT molecular complexity index is 463. The van der Waals surface area contributed by atoms with Gasteiger partial charge >= 0.3 is 5.97 Å². The van der Waals surface area contributed by atoms with Crippen molar-refractivity contribution >= 4 is 11.8 Å². The summed E-state index contributed by atoms with van der Waals surface area (Å²) in [6.45, 7) is 0.861. The third-order valence-corrected chi connectivity index (χ3v) is 3.02. The summed E-state index contributed by atoms with van der Waals surface area (Å²) < 4.78 is 11.0. The second-order valence-corrected chi connectivity index (χ2v) is 4.40. The number of ketones is 1. The van der Waals surface area contributed by atoms with Crippen LogP contribution in [0, 0.1) is 0 Å². The van der Waals surface area contributed by atoms with Crippen molar-refractivity contribution in [3.63, 3.8) is 0 Å². The minimum atomic E-state index is -1.46. The normalized spacial score (nSPS) is 19.1. The molecule has 1 unspecified atom stereocenters. The maximum Gasteiger partial charge on any atom is 0.377 e. The first kappa shape index (κ1) is 13.7. The van der Waals surface area contributed by atoms with Gasteiger partial charge in [0.15, 0.2) is 6.29 Å². The highest BCUT2D eigenvalue weighted by Gasteiger charge is 2.19. The number of carboxylic acids is 1. The average Bonchev–Trinajstić information content (AvgIpc) is 2.45. The third kappa shape index (κ3) is 3.62. The van der Waals surface area contributed by atoms with E-state index in [1.807, 2.05) is 0 Å². The molecule has 1 heterocycles. The second-order valence-electron chi connectivity index (χ2n) is 4.40. The van der Waals surface area contributed by atoms with Crippen LogP contribution in [0.5, 0.6) is 0 Å². The molecule has 5 nitrogen and oxygen atoms in total. The molecule has 0 bridgehead atoms. The number of benzene rings is 1. The van der Waals surface area contributed by atoms with E-state index in [-0.39, 0.29) is 18.5 Å². The number of carboxylic acid groups (broad SMARTS) is 1. The van der Waals surface area contributed by atoms with Crippen LogP contribution < -0.4 is 0 Å². The molecule has 102 valence electrons. The first-order valence-electron chi connectivity index (χ1n) is 6.27. The summed E-state index contributed by atoms with van der Waals surface area (Å²) in [5.74, 6) is -2.37. The van der Waals surface area contributed by atoms with Crippen molar-refractivity contribution in [3.8, 4) is 0 Å². The Morgan fingerprint density at radius 1 is 1.32 bits per heavy atom. The fourth-order valence-corrected chi connectivity index (χ4v) is 2.01. The predicted molar refractivity (Wildman–Crippen MR) is 66.8 cm³/mol. The van der Waals surface area contributed by atoms with Gasteiger partial charge in [0.1, 0.15) is 0 Å². The molecular formula is C14H16O5. The molecule has 1 aromatic carbocycles. The minimum Gasteiger partial charge on any atom is -0.475 e. The van der Waals surface area contributed by atoms with E-state index in [0.717, 1.165) is 19.3 Å². The van der Waals surface area contributed by atoms with Gasteiger partial charge in [0.2, 0.25) is 0 Å². The fourth-order valence-electron chi connectivity index (χ4n) is 2.01. The van der Waals surface area contributed by atoms with Gasteiger partial charge in [-0.15, -0.1) is 0 Å². The molecule has 5 heteroatoms. The van der Waals surface area contributed by atoms with Crippen LogP contribution in [-0.2, 0) is 20.9 Å². The van der Waals surface area contributed by atoms with E-state index in [0.29, 0.717) is 12.2 Å². The Morgan fingerprint density at radius 2 is 2.11 bits per heavy atom. The molecule has 1 aromatic rings. The van der Waals surface area contributed by atoms with Crippen LogP contribution in [0.2, 0.25) is 0 Å². The van der Waals surface area contributed by atoms with Crippen LogP contribution in [0.4, 0.5) is 0 Å². The Morgan fingerprint density at radius 3 is 2.79 bits per heavy atom. The Labute approximate surface area is 111 Å².